The number of rotatable bonds is 11. The molecule has 0 spiro atoms. The average Bonchev–Trinajstić information content (AvgIpc) is 2.51. The molecule has 0 fully saturated rings. The first kappa shape index (κ1) is 18.9. The molecule has 0 aromatic heterocycles. The largest absolute Gasteiger partial charge is 0.480 e. The lowest BCUT2D eigenvalue weighted by Gasteiger charge is -2.29. The summed E-state index contributed by atoms with van der Waals surface area (Å²) < 4.78 is 0. The Morgan fingerprint density at radius 1 is 1.23 bits per heavy atom. The third kappa shape index (κ3) is 5.95. The van der Waals surface area contributed by atoms with E-state index < -0.39 is 11.5 Å². The highest BCUT2D eigenvalue weighted by atomic mass is 35.5. The molecule has 1 unspecified atom stereocenters. The smallest absolute Gasteiger partial charge is 0.323 e. The second-order valence-corrected chi connectivity index (χ2v) is 6.08. The Hall–Kier alpha value is -1.10. The highest BCUT2D eigenvalue weighted by Crippen LogP contribution is 2.20. The van der Waals surface area contributed by atoms with Gasteiger partial charge in [0.1, 0.15) is 5.54 Å². The third-order valence-electron chi connectivity index (χ3n) is 4.04. The van der Waals surface area contributed by atoms with E-state index in [1.165, 1.54) is 5.56 Å². The maximum Gasteiger partial charge on any atom is 0.323 e. The van der Waals surface area contributed by atoms with Gasteiger partial charge in [-0.25, -0.2) is 0 Å². The van der Waals surface area contributed by atoms with E-state index in [-0.39, 0.29) is 0 Å². The van der Waals surface area contributed by atoms with E-state index in [0.29, 0.717) is 12.8 Å². The lowest BCUT2D eigenvalue weighted by atomic mass is 9.88. The van der Waals surface area contributed by atoms with Crippen LogP contribution in [-0.4, -0.2) is 30.2 Å². The molecule has 3 N–H and O–H groups in total. The molecule has 4 nitrogen and oxygen atoms in total. The Morgan fingerprint density at radius 3 is 2.41 bits per heavy atom. The Balaban J connectivity index is 2.36. The number of unbranched alkanes of at least 4 members (excludes halogenated alkanes) is 1. The lowest BCUT2D eigenvalue weighted by Crippen LogP contribution is -2.50. The van der Waals surface area contributed by atoms with Crippen LogP contribution in [0, 0.1) is 0 Å². The SMILES string of the molecule is CCCCC(CCCNCc1ccc(Cl)cc1)(NC)C(=O)O. The number of halogens is 1. The summed E-state index contributed by atoms with van der Waals surface area (Å²) in [4.78, 5) is 11.6. The molecular formula is C17H27ClN2O2. The minimum absolute atomic E-state index is 0.631. The minimum atomic E-state index is -0.794. The van der Waals surface area contributed by atoms with E-state index in [0.717, 1.165) is 37.4 Å². The zero-order valence-electron chi connectivity index (χ0n) is 13.5. The van der Waals surface area contributed by atoms with Gasteiger partial charge in [0.2, 0.25) is 0 Å². The molecular weight excluding hydrogens is 300 g/mol. The maximum atomic E-state index is 11.6. The average molecular weight is 327 g/mol. The summed E-state index contributed by atoms with van der Waals surface area (Å²) in [5.74, 6) is -0.749. The summed E-state index contributed by atoms with van der Waals surface area (Å²) in [5.41, 5.74) is 0.381. The molecule has 0 aliphatic rings. The quantitative estimate of drug-likeness (QED) is 0.545. The van der Waals surface area contributed by atoms with E-state index in [2.05, 4.69) is 17.6 Å². The van der Waals surface area contributed by atoms with Crippen LogP contribution in [-0.2, 0) is 11.3 Å². The minimum Gasteiger partial charge on any atom is -0.480 e. The molecule has 0 aliphatic heterocycles. The van der Waals surface area contributed by atoms with Crippen molar-refractivity contribution in [2.75, 3.05) is 13.6 Å². The maximum absolute atomic E-state index is 11.6. The standard InChI is InChI=1S/C17H27ClN2O2/c1-3-4-10-17(19-2,16(21)22)11-5-12-20-13-14-6-8-15(18)9-7-14/h6-9,19-20H,3-5,10-13H2,1-2H3,(H,21,22). The third-order valence-corrected chi connectivity index (χ3v) is 4.30. The number of carbonyl (C=O) groups is 1. The van der Waals surface area contributed by atoms with Crippen molar-refractivity contribution in [1.29, 1.82) is 0 Å². The second kappa shape index (κ2) is 9.82. The van der Waals surface area contributed by atoms with Gasteiger partial charge in [-0.1, -0.05) is 43.5 Å². The predicted octanol–water partition coefficient (Wildman–Crippen LogP) is 3.44. The Bertz CT molecular complexity index is 450. The molecule has 1 aromatic rings. The van der Waals surface area contributed by atoms with Crippen molar-refractivity contribution >= 4 is 17.6 Å². The van der Waals surface area contributed by atoms with Crippen molar-refractivity contribution in [3.8, 4) is 0 Å². The van der Waals surface area contributed by atoms with Crippen LogP contribution in [0.15, 0.2) is 24.3 Å². The molecule has 0 aliphatic carbocycles. The zero-order valence-corrected chi connectivity index (χ0v) is 14.2. The normalized spacial score (nSPS) is 13.8. The molecule has 0 radical (unpaired) electrons. The summed E-state index contributed by atoms with van der Waals surface area (Å²) in [6.07, 6.45) is 4.06. The van der Waals surface area contributed by atoms with Crippen molar-refractivity contribution < 1.29 is 9.90 Å². The number of carboxylic acid groups (broad SMARTS) is 1. The van der Waals surface area contributed by atoms with Crippen LogP contribution < -0.4 is 10.6 Å². The van der Waals surface area contributed by atoms with Gasteiger partial charge in [-0.05, 0) is 50.6 Å². The van der Waals surface area contributed by atoms with Gasteiger partial charge in [-0.15, -0.1) is 0 Å². The number of nitrogens with one attached hydrogen (secondary N) is 2. The Morgan fingerprint density at radius 2 is 1.86 bits per heavy atom. The van der Waals surface area contributed by atoms with Crippen LogP contribution in [0.1, 0.15) is 44.6 Å². The fourth-order valence-electron chi connectivity index (χ4n) is 2.52. The summed E-state index contributed by atoms with van der Waals surface area (Å²) in [6.45, 7) is 3.65. The highest BCUT2D eigenvalue weighted by molar-refractivity contribution is 6.30. The van der Waals surface area contributed by atoms with Gasteiger partial charge in [0.25, 0.3) is 0 Å². The van der Waals surface area contributed by atoms with E-state index in [1.54, 1.807) is 7.05 Å². The monoisotopic (exact) mass is 326 g/mol. The lowest BCUT2D eigenvalue weighted by molar-refractivity contribution is -0.145. The molecule has 0 saturated carbocycles. The van der Waals surface area contributed by atoms with E-state index in [9.17, 15) is 9.90 Å². The molecule has 0 saturated heterocycles. The van der Waals surface area contributed by atoms with Crippen LogP contribution in [0.5, 0.6) is 0 Å². The summed E-state index contributed by atoms with van der Waals surface area (Å²) >= 11 is 5.85. The van der Waals surface area contributed by atoms with Crippen LogP contribution in [0.2, 0.25) is 5.02 Å². The van der Waals surface area contributed by atoms with E-state index >= 15 is 0 Å². The van der Waals surface area contributed by atoms with Crippen molar-refractivity contribution in [3.05, 3.63) is 34.9 Å². The van der Waals surface area contributed by atoms with Crippen molar-refractivity contribution in [2.24, 2.45) is 0 Å². The molecule has 124 valence electrons. The van der Waals surface area contributed by atoms with Crippen molar-refractivity contribution in [1.82, 2.24) is 10.6 Å². The molecule has 22 heavy (non-hydrogen) atoms. The predicted molar refractivity (Wildman–Crippen MR) is 91.3 cm³/mol. The van der Waals surface area contributed by atoms with Gasteiger partial charge in [0, 0.05) is 11.6 Å². The molecule has 1 atom stereocenters. The van der Waals surface area contributed by atoms with Crippen LogP contribution in [0.4, 0.5) is 0 Å². The van der Waals surface area contributed by atoms with Crippen LogP contribution >= 0.6 is 11.6 Å². The van der Waals surface area contributed by atoms with Crippen LogP contribution in [0.3, 0.4) is 0 Å². The van der Waals surface area contributed by atoms with Gasteiger partial charge in [-0.3, -0.25) is 4.79 Å². The number of hydrogen-bond donors (Lipinski definition) is 3. The summed E-state index contributed by atoms with van der Waals surface area (Å²) in [5, 5.41) is 16.6. The number of carboxylic acids is 1. The Kier molecular flexibility index (Phi) is 8.46. The number of hydrogen-bond acceptors (Lipinski definition) is 3. The molecule has 1 rings (SSSR count). The first-order valence-electron chi connectivity index (χ1n) is 7.91. The zero-order chi connectivity index (χ0) is 16.4. The van der Waals surface area contributed by atoms with Gasteiger partial charge in [0.05, 0.1) is 0 Å². The topological polar surface area (TPSA) is 61.4 Å². The second-order valence-electron chi connectivity index (χ2n) is 5.65. The highest BCUT2D eigenvalue weighted by Gasteiger charge is 2.35. The number of likely N-dealkylation sites (N-methyl/N-ethyl adjacent to an activating group) is 1. The summed E-state index contributed by atoms with van der Waals surface area (Å²) in [7, 11) is 1.74. The molecule has 0 amide bonds. The number of benzene rings is 1. The summed E-state index contributed by atoms with van der Waals surface area (Å²) in [6, 6.07) is 7.73. The van der Waals surface area contributed by atoms with Gasteiger partial charge < -0.3 is 15.7 Å². The first-order chi connectivity index (χ1) is 10.5. The van der Waals surface area contributed by atoms with Crippen molar-refractivity contribution in [2.45, 2.75) is 51.1 Å². The molecule has 0 bridgehead atoms. The van der Waals surface area contributed by atoms with E-state index in [4.69, 9.17) is 11.6 Å². The van der Waals surface area contributed by atoms with Crippen molar-refractivity contribution in [3.63, 3.8) is 0 Å². The van der Waals surface area contributed by atoms with Gasteiger partial charge in [-0.2, -0.15) is 0 Å². The fourth-order valence-corrected chi connectivity index (χ4v) is 2.65. The molecule has 1 aromatic carbocycles. The van der Waals surface area contributed by atoms with Gasteiger partial charge >= 0.3 is 5.97 Å². The fraction of sp³-hybridized carbons (Fsp3) is 0.588. The number of aliphatic carboxylic acids is 1. The molecule has 5 heteroatoms. The van der Waals surface area contributed by atoms with E-state index in [1.807, 2.05) is 24.3 Å². The van der Waals surface area contributed by atoms with Gasteiger partial charge in [0.15, 0.2) is 0 Å². The Labute approximate surface area is 138 Å². The van der Waals surface area contributed by atoms with Crippen LogP contribution in [0.25, 0.3) is 0 Å². The molecule has 0 heterocycles. The first-order valence-corrected chi connectivity index (χ1v) is 8.29.